The van der Waals surface area contributed by atoms with Crippen LogP contribution in [0.3, 0.4) is 0 Å². The van der Waals surface area contributed by atoms with Gasteiger partial charge in [-0.25, -0.2) is 8.78 Å². The Hall–Kier alpha value is -3.26. The van der Waals surface area contributed by atoms with Gasteiger partial charge in [0.05, 0.1) is 18.0 Å². The van der Waals surface area contributed by atoms with Crippen LogP contribution in [0.15, 0.2) is 65.5 Å². The van der Waals surface area contributed by atoms with Crippen LogP contribution in [0.4, 0.5) is 14.5 Å². The van der Waals surface area contributed by atoms with Gasteiger partial charge in [0, 0.05) is 30.6 Å². The molecule has 0 spiro atoms. The Morgan fingerprint density at radius 3 is 2.44 bits per heavy atom. The zero-order valence-corrected chi connectivity index (χ0v) is 20.6. The number of carbonyl (C=O) groups is 1. The molecule has 0 bridgehead atoms. The van der Waals surface area contributed by atoms with Crippen LogP contribution >= 0.6 is 0 Å². The van der Waals surface area contributed by atoms with Crippen LogP contribution in [-0.4, -0.2) is 47.4 Å². The minimum atomic E-state index is -0.772. The molecule has 2 aromatic carbocycles. The lowest BCUT2D eigenvalue weighted by molar-refractivity contribution is -0.0226. The number of carbonyl (C=O) groups excluding carboxylic acids is 1. The van der Waals surface area contributed by atoms with Crippen LogP contribution < -0.4 is 11.2 Å². The number of benzene rings is 2. The summed E-state index contributed by atoms with van der Waals surface area (Å²) in [6.45, 7) is 1.56. The Morgan fingerprint density at radius 1 is 1.06 bits per heavy atom. The molecule has 194 valence electrons. The quantitative estimate of drug-likeness (QED) is 0.518. The molecule has 6 nitrogen and oxygen atoms in total. The molecule has 2 aliphatic rings. The first-order chi connectivity index (χ1) is 17.3. The van der Waals surface area contributed by atoms with Gasteiger partial charge in [-0.1, -0.05) is 12.1 Å². The number of likely N-dealkylation sites (tertiary alicyclic amines) is 1. The number of aliphatic hydroxyl groups is 1. The van der Waals surface area contributed by atoms with Crippen molar-refractivity contribution in [1.82, 2.24) is 10.3 Å². The maximum atomic E-state index is 12.9. The second-order valence-corrected chi connectivity index (χ2v) is 9.34. The minimum absolute atomic E-state index is 0.0189. The molecule has 0 atom stereocenters. The molecule has 8 heteroatoms. The summed E-state index contributed by atoms with van der Waals surface area (Å²) in [4.78, 5) is 14.3. The smallest absolute Gasteiger partial charge is 0.253 e. The first kappa shape index (κ1) is 27.3. The van der Waals surface area contributed by atoms with Gasteiger partial charge in [-0.3, -0.25) is 4.79 Å². The highest BCUT2D eigenvalue weighted by Gasteiger charge is 2.33. The highest BCUT2D eigenvalue weighted by Crippen LogP contribution is 2.28. The standard InChI is InChI=1S/C20H23FN2O2.C8H13FN2/c21-17-5-1-15(2-6-17)9-10-20(25)11-13-23(14-12-20)19(24)16-3-7-18(22)8-4-16;9-8-4-2-1-3-6-10-11-7-5-8/h1-8,25H,9-14,22H2;5-6,11H,1-4,7H2/b;8-5+,10-6-. The molecule has 4 N–H and O–H groups in total. The zero-order valence-electron chi connectivity index (χ0n) is 20.6. The van der Waals surface area contributed by atoms with E-state index >= 15 is 0 Å². The molecular formula is C28H36F2N4O2. The van der Waals surface area contributed by atoms with E-state index in [2.05, 4.69) is 10.5 Å². The van der Waals surface area contributed by atoms with Gasteiger partial charge in [-0.05, 0) is 99.4 Å². The van der Waals surface area contributed by atoms with Gasteiger partial charge in [0.15, 0.2) is 0 Å². The third-order valence-corrected chi connectivity index (χ3v) is 6.53. The van der Waals surface area contributed by atoms with Crippen molar-refractivity contribution in [2.24, 2.45) is 5.10 Å². The molecule has 1 fully saturated rings. The number of rotatable bonds is 4. The van der Waals surface area contributed by atoms with E-state index in [1.165, 1.54) is 12.1 Å². The summed E-state index contributed by atoms with van der Waals surface area (Å²) < 4.78 is 25.7. The van der Waals surface area contributed by atoms with E-state index in [1.54, 1.807) is 47.4 Å². The molecule has 0 aliphatic carbocycles. The maximum absolute atomic E-state index is 12.9. The summed E-state index contributed by atoms with van der Waals surface area (Å²) in [5, 5.41) is 14.6. The Labute approximate surface area is 211 Å². The van der Waals surface area contributed by atoms with E-state index in [9.17, 15) is 18.7 Å². The van der Waals surface area contributed by atoms with E-state index in [0.717, 1.165) is 24.8 Å². The third kappa shape index (κ3) is 9.07. The second-order valence-electron chi connectivity index (χ2n) is 9.34. The number of nitrogens with zero attached hydrogens (tertiary/aromatic N) is 2. The van der Waals surface area contributed by atoms with Crippen LogP contribution in [0, 0.1) is 5.82 Å². The molecule has 0 unspecified atom stereocenters. The fourth-order valence-corrected chi connectivity index (χ4v) is 4.18. The molecule has 2 aliphatic heterocycles. The Kier molecular flexibility index (Phi) is 10.4. The molecular weight excluding hydrogens is 462 g/mol. The summed E-state index contributed by atoms with van der Waals surface area (Å²) in [5.41, 5.74) is 9.87. The van der Waals surface area contributed by atoms with Crippen molar-refractivity contribution < 1.29 is 18.7 Å². The van der Waals surface area contributed by atoms with E-state index in [-0.39, 0.29) is 17.6 Å². The summed E-state index contributed by atoms with van der Waals surface area (Å²) in [7, 11) is 0. The number of piperidine rings is 1. The van der Waals surface area contributed by atoms with E-state index < -0.39 is 5.60 Å². The van der Waals surface area contributed by atoms with Gasteiger partial charge >= 0.3 is 0 Å². The number of nitrogens with two attached hydrogens (primary N) is 1. The topological polar surface area (TPSA) is 90.9 Å². The van der Waals surface area contributed by atoms with Gasteiger partial charge < -0.3 is 21.2 Å². The van der Waals surface area contributed by atoms with E-state index in [0.29, 0.717) is 63.0 Å². The molecule has 2 aromatic rings. The van der Waals surface area contributed by atoms with Crippen LogP contribution in [0.25, 0.3) is 0 Å². The summed E-state index contributed by atoms with van der Waals surface area (Å²) in [5.74, 6) is -0.299. The number of hydrogen-bond donors (Lipinski definition) is 3. The van der Waals surface area contributed by atoms with Crippen molar-refractivity contribution in [1.29, 1.82) is 0 Å². The Morgan fingerprint density at radius 2 is 1.75 bits per heavy atom. The molecule has 36 heavy (non-hydrogen) atoms. The van der Waals surface area contributed by atoms with Crippen LogP contribution in [0.2, 0.25) is 0 Å². The zero-order chi connectivity index (χ0) is 25.8. The average molecular weight is 499 g/mol. The molecule has 0 aromatic heterocycles. The number of anilines is 1. The predicted octanol–water partition coefficient (Wildman–Crippen LogP) is 5.00. The van der Waals surface area contributed by atoms with Crippen LogP contribution in [0.5, 0.6) is 0 Å². The van der Waals surface area contributed by atoms with Crippen molar-refractivity contribution >= 4 is 17.8 Å². The summed E-state index contributed by atoms with van der Waals surface area (Å²) >= 11 is 0. The first-order valence-corrected chi connectivity index (χ1v) is 12.6. The molecule has 4 rings (SSSR count). The van der Waals surface area contributed by atoms with Crippen molar-refractivity contribution in [3.8, 4) is 0 Å². The normalized spacial score (nSPS) is 20.1. The first-order valence-electron chi connectivity index (χ1n) is 12.6. The summed E-state index contributed by atoms with van der Waals surface area (Å²) in [6.07, 6.45) is 9.27. The number of nitrogens with one attached hydrogen (secondary N) is 1. The van der Waals surface area contributed by atoms with Gasteiger partial charge in [0.25, 0.3) is 5.91 Å². The Balaban J connectivity index is 0.000000275. The van der Waals surface area contributed by atoms with Gasteiger partial charge in [-0.15, -0.1) is 0 Å². The molecule has 0 radical (unpaired) electrons. The number of hydrazone groups is 1. The molecule has 1 saturated heterocycles. The minimum Gasteiger partial charge on any atom is -0.399 e. The van der Waals surface area contributed by atoms with Crippen molar-refractivity contribution in [3.63, 3.8) is 0 Å². The number of allylic oxidation sites excluding steroid dienone is 1. The largest absolute Gasteiger partial charge is 0.399 e. The SMILES string of the molecule is F/C1=C/CN/N=C\CCCC1.Nc1ccc(C(=O)N2CCC(O)(CCc3ccc(F)cc3)CC2)cc1. The lowest BCUT2D eigenvalue weighted by Crippen LogP contribution is -2.46. The lowest BCUT2D eigenvalue weighted by Gasteiger charge is -2.38. The monoisotopic (exact) mass is 498 g/mol. The lowest BCUT2D eigenvalue weighted by atomic mass is 9.85. The fourth-order valence-electron chi connectivity index (χ4n) is 4.18. The predicted molar refractivity (Wildman–Crippen MR) is 140 cm³/mol. The van der Waals surface area contributed by atoms with Gasteiger partial charge in [-0.2, -0.15) is 5.10 Å². The number of halogens is 2. The fraction of sp³-hybridized carbons (Fsp3) is 0.429. The average Bonchev–Trinajstić information content (AvgIpc) is 2.89. The van der Waals surface area contributed by atoms with Crippen molar-refractivity contribution in [2.75, 3.05) is 25.4 Å². The molecule has 2 heterocycles. The van der Waals surface area contributed by atoms with Gasteiger partial charge in [0.1, 0.15) is 5.82 Å². The highest BCUT2D eigenvalue weighted by molar-refractivity contribution is 5.94. The highest BCUT2D eigenvalue weighted by atomic mass is 19.1. The number of hydrogen-bond acceptors (Lipinski definition) is 5. The van der Waals surface area contributed by atoms with Crippen LogP contribution in [-0.2, 0) is 6.42 Å². The summed E-state index contributed by atoms with van der Waals surface area (Å²) in [6, 6.07) is 13.3. The van der Waals surface area contributed by atoms with Crippen molar-refractivity contribution in [2.45, 2.75) is 57.0 Å². The molecule has 0 saturated carbocycles. The number of aryl methyl sites for hydroxylation is 1. The van der Waals surface area contributed by atoms with Crippen molar-refractivity contribution in [3.05, 3.63) is 77.4 Å². The number of nitrogen functional groups attached to an aromatic ring is 1. The second kappa shape index (κ2) is 13.7. The van der Waals surface area contributed by atoms with E-state index in [1.807, 2.05) is 6.21 Å². The van der Waals surface area contributed by atoms with E-state index in [4.69, 9.17) is 5.73 Å². The third-order valence-electron chi connectivity index (χ3n) is 6.53. The number of amides is 1. The van der Waals surface area contributed by atoms with Crippen LogP contribution in [0.1, 0.15) is 60.9 Å². The maximum Gasteiger partial charge on any atom is 0.253 e. The Bertz CT molecular complexity index is 1010. The molecule has 1 amide bonds. The van der Waals surface area contributed by atoms with Gasteiger partial charge in [0.2, 0.25) is 0 Å².